The second-order valence-corrected chi connectivity index (χ2v) is 4.91. The average Bonchev–Trinajstić information content (AvgIpc) is 2.52. The van der Waals surface area contributed by atoms with Gasteiger partial charge in [-0.1, -0.05) is 11.8 Å². The number of benzene rings is 1. The molecule has 0 bridgehead atoms. The molecular weight excluding hydrogens is 273 g/mol. The molecule has 1 aliphatic heterocycles. The predicted octanol–water partition coefficient (Wildman–Crippen LogP) is 1.42. The molecule has 0 atom stereocenters. The van der Waals surface area contributed by atoms with Gasteiger partial charge >= 0.3 is 0 Å². The van der Waals surface area contributed by atoms with E-state index in [1.165, 1.54) is 18.2 Å². The normalized spacial score (nSPS) is 15.2. The van der Waals surface area contributed by atoms with Crippen LogP contribution in [-0.2, 0) is 4.74 Å². The topological polar surface area (TPSA) is 49.8 Å². The highest BCUT2D eigenvalue weighted by molar-refractivity contribution is 5.96. The van der Waals surface area contributed by atoms with Crippen molar-refractivity contribution in [3.05, 3.63) is 35.1 Å². The monoisotopic (exact) mass is 291 g/mol. The summed E-state index contributed by atoms with van der Waals surface area (Å²) < 4.78 is 18.6. The van der Waals surface area contributed by atoms with Gasteiger partial charge in [0, 0.05) is 31.9 Å². The van der Waals surface area contributed by atoms with E-state index < -0.39 is 5.82 Å². The van der Waals surface area contributed by atoms with Gasteiger partial charge in [0.25, 0.3) is 5.91 Å². The van der Waals surface area contributed by atoms with Gasteiger partial charge in [-0.25, -0.2) is 4.39 Å². The number of aliphatic hydroxyl groups excluding tert-OH is 1. The Morgan fingerprint density at radius 1 is 1.48 bits per heavy atom. The van der Waals surface area contributed by atoms with E-state index in [0.29, 0.717) is 24.3 Å². The summed E-state index contributed by atoms with van der Waals surface area (Å²) in [4.78, 5) is 14.2. The molecule has 0 aliphatic carbocycles. The molecule has 1 N–H and O–H groups in total. The van der Waals surface area contributed by atoms with Gasteiger partial charge in [0.1, 0.15) is 12.4 Å². The first-order valence-corrected chi connectivity index (χ1v) is 6.87. The highest BCUT2D eigenvalue weighted by Crippen LogP contribution is 2.18. The summed E-state index contributed by atoms with van der Waals surface area (Å²) >= 11 is 0. The molecule has 1 fully saturated rings. The highest BCUT2D eigenvalue weighted by atomic mass is 19.1. The Hall–Kier alpha value is -1.90. The van der Waals surface area contributed by atoms with Gasteiger partial charge in [-0.3, -0.25) is 4.79 Å². The molecule has 0 saturated carbocycles. The number of ether oxygens (including phenoxy) is 1. The summed E-state index contributed by atoms with van der Waals surface area (Å²) in [6, 6.07) is 4.02. The molecule has 2 rings (SSSR count). The fourth-order valence-corrected chi connectivity index (χ4v) is 2.37. The van der Waals surface area contributed by atoms with Crippen LogP contribution in [0.25, 0.3) is 0 Å². The molecule has 4 nitrogen and oxygen atoms in total. The molecule has 0 aromatic heterocycles. The molecule has 1 saturated heterocycles. The predicted molar refractivity (Wildman–Crippen MR) is 76.3 cm³/mol. The quantitative estimate of drug-likeness (QED) is 0.838. The Labute approximate surface area is 123 Å². The largest absolute Gasteiger partial charge is 0.384 e. The van der Waals surface area contributed by atoms with Gasteiger partial charge in [0.15, 0.2) is 0 Å². The highest BCUT2D eigenvalue weighted by Gasteiger charge is 2.24. The standard InChI is InChI=1S/C16H18FNO3/c1-18(14-6-9-21-10-7-14)16(20)15-5-4-13(17)11-12(15)3-2-8-19/h4-5,11,14,19H,6-10H2,1H3. The molecule has 1 amide bonds. The summed E-state index contributed by atoms with van der Waals surface area (Å²) in [5.41, 5.74) is 0.652. The molecule has 1 aliphatic rings. The number of halogens is 1. The Kier molecular flexibility index (Phi) is 5.32. The molecule has 0 unspecified atom stereocenters. The number of aliphatic hydroxyl groups is 1. The second kappa shape index (κ2) is 7.21. The number of carbonyl (C=O) groups is 1. The van der Waals surface area contributed by atoms with Gasteiger partial charge < -0.3 is 14.7 Å². The first-order chi connectivity index (χ1) is 10.1. The number of nitrogens with zero attached hydrogens (tertiary/aromatic N) is 1. The van der Waals surface area contributed by atoms with Crippen molar-refractivity contribution in [1.29, 1.82) is 0 Å². The molecule has 21 heavy (non-hydrogen) atoms. The number of hydrogen-bond donors (Lipinski definition) is 1. The lowest BCUT2D eigenvalue weighted by molar-refractivity contribution is 0.0362. The van der Waals surface area contributed by atoms with Crippen molar-refractivity contribution in [2.24, 2.45) is 0 Å². The average molecular weight is 291 g/mol. The molecule has 112 valence electrons. The molecule has 0 radical (unpaired) electrons. The van der Waals surface area contributed by atoms with Crippen LogP contribution in [0.15, 0.2) is 18.2 Å². The molecule has 1 heterocycles. The van der Waals surface area contributed by atoms with Crippen LogP contribution in [0.5, 0.6) is 0 Å². The van der Waals surface area contributed by atoms with Crippen molar-refractivity contribution in [3.63, 3.8) is 0 Å². The van der Waals surface area contributed by atoms with E-state index in [4.69, 9.17) is 9.84 Å². The third-order valence-electron chi connectivity index (χ3n) is 3.57. The Balaban J connectivity index is 2.25. The van der Waals surface area contributed by atoms with E-state index in [1.807, 2.05) is 0 Å². The van der Waals surface area contributed by atoms with Crippen LogP contribution >= 0.6 is 0 Å². The van der Waals surface area contributed by atoms with Gasteiger partial charge in [-0.2, -0.15) is 0 Å². The van der Waals surface area contributed by atoms with E-state index in [9.17, 15) is 9.18 Å². The number of carbonyl (C=O) groups excluding carboxylic acids is 1. The van der Waals surface area contributed by atoms with E-state index in [0.717, 1.165) is 12.8 Å². The van der Waals surface area contributed by atoms with Gasteiger partial charge in [-0.15, -0.1) is 0 Å². The zero-order valence-electron chi connectivity index (χ0n) is 11.9. The van der Waals surface area contributed by atoms with E-state index in [-0.39, 0.29) is 18.6 Å². The van der Waals surface area contributed by atoms with Crippen LogP contribution < -0.4 is 0 Å². The number of amides is 1. The first-order valence-electron chi connectivity index (χ1n) is 6.87. The van der Waals surface area contributed by atoms with Gasteiger partial charge in [-0.05, 0) is 31.0 Å². The Bertz CT molecular complexity index is 571. The third-order valence-corrected chi connectivity index (χ3v) is 3.57. The zero-order valence-corrected chi connectivity index (χ0v) is 11.9. The van der Waals surface area contributed by atoms with Gasteiger partial charge in [0.05, 0.1) is 5.56 Å². The van der Waals surface area contributed by atoms with Crippen LogP contribution in [0.1, 0.15) is 28.8 Å². The van der Waals surface area contributed by atoms with Crippen molar-refractivity contribution >= 4 is 5.91 Å². The van der Waals surface area contributed by atoms with Crippen molar-refractivity contribution in [2.45, 2.75) is 18.9 Å². The fraction of sp³-hybridized carbons (Fsp3) is 0.438. The lowest BCUT2D eigenvalue weighted by Gasteiger charge is -2.31. The molecule has 0 spiro atoms. The first kappa shape index (κ1) is 15.5. The van der Waals surface area contributed by atoms with Crippen LogP contribution in [0.4, 0.5) is 4.39 Å². The molecule has 1 aromatic rings. The maximum atomic E-state index is 13.3. The van der Waals surface area contributed by atoms with Crippen LogP contribution in [-0.4, -0.2) is 48.8 Å². The van der Waals surface area contributed by atoms with Crippen LogP contribution in [0, 0.1) is 17.7 Å². The smallest absolute Gasteiger partial charge is 0.255 e. The summed E-state index contributed by atoms with van der Waals surface area (Å²) in [5.74, 6) is 4.44. The zero-order chi connectivity index (χ0) is 15.2. The Morgan fingerprint density at radius 2 is 2.19 bits per heavy atom. The SMILES string of the molecule is CN(C(=O)c1ccc(F)cc1C#CCO)C1CCOCC1. The van der Waals surface area contributed by atoms with E-state index >= 15 is 0 Å². The summed E-state index contributed by atoms with van der Waals surface area (Å²) in [7, 11) is 1.74. The van der Waals surface area contributed by atoms with Gasteiger partial charge in [0.2, 0.25) is 0 Å². The summed E-state index contributed by atoms with van der Waals surface area (Å²) in [6.07, 6.45) is 1.59. The minimum atomic E-state index is -0.456. The van der Waals surface area contributed by atoms with Crippen molar-refractivity contribution in [1.82, 2.24) is 4.90 Å². The molecular formula is C16H18FNO3. The summed E-state index contributed by atoms with van der Waals surface area (Å²) in [6.45, 7) is 0.950. The second-order valence-electron chi connectivity index (χ2n) is 4.91. The van der Waals surface area contributed by atoms with Crippen molar-refractivity contribution in [3.8, 4) is 11.8 Å². The van der Waals surface area contributed by atoms with Crippen LogP contribution in [0.3, 0.4) is 0 Å². The fourth-order valence-electron chi connectivity index (χ4n) is 2.37. The number of hydrogen-bond acceptors (Lipinski definition) is 3. The van der Waals surface area contributed by atoms with Crippen molar-refractivity contribution in [2.75, 3.05) is 26.9 Å². The van der Waals surface area contributed by atoms with Crippen molar-refractivity contribution < 1.29 is 19.0 Å². The maximum Gasteiger partial charge on any atom is 0.255 e. The molecule has 5 heteroatoms. The van der Waals surface area contributed by atoms with E-state index in [1.54, 1.807) is 11.9 Å². The lowest BCUT2D eigenvalue weighted by Crippen LogP contribution is -2.40. The van der Waals surface area contributed by atoms with Crippen LogP contribution in [0.2, 0.25) is 0 Å². The summed E-state index contributed by atoms with van der Waals surface area (Å²) in [5, 5.41) is 8.76. The number of rotatable bonds is 2. The lowest BCUT2D eigenvalue weighted by atomic mass is 10.0. The minimum absolute atomic E-state index is 0.120. The molecule has 1 aromatic carbocycles. The van der Waals surface area contributed by atoms with E-state index in [2.05, 4.69) is 11.8 Å². The minimum Gasteiger partial charge on any atom is -0.384 e. The third kappa shape index (κ3) is 3.81. The maximum absolute atomic E-state index is 13.3. The Morgan fingerprint density at radius 3 is 2.86 bits per heavy atom.